The SMILES string of the molecule is C=CCOc1c(CN2CCC(C(C)O)C2)c(C)nn1C. The summed E-state index contributed by atoms with van der Waals surface area (Å²) in [5.41, 5.74) is 2.15. The van der Waals surface area contributed by atoms with Gasteiger partial charge < -0.3 is 9.84 Å². The van der Waals surface area contributed by atoms with Gasteiger partial charge in [-0.25, -0.2) is 4.68 Å². The van der Waals surface area contributed by atoms with E-state index in [-0.39, 0.29) is 6.10 Å². The van der Waals surface area contributed by atoms with Crippen LogP contribution in [-0.2, 0) is 13.6 Å². The van der Waals surface area contributed by atoms with Gasteiger partial charge in [0, 0.05) is 20.1 Å². The normalized spacial score (nSPS) is 21.1. The highest BCUT2D eigenvalue weighted by Crippen LogP contribution is 2.27. The molecule has 0 radical (unpaired) electrons. The molecule has 0 saturated carbocycles. The molecule has 0 spiro atoms. The lowest BCUT2D eigenvalue weighted by atomic mass is 10.0. The van der Waals surface area contributed by atoms with Gasteiger partial charge in [0.05, 0.1) is 17.4 Å². The third-order valence-corrected chi connectivity index (χ3v) is 4.00. The highest BCUT2D eigenvalue weighted by atomic mass is 16.5. The highest BCUT2D eigenvalue weighted by molar-refractivity contribution is 5.31. The number of ether oxygens (including phenoxy) is 1. The number of rotatable bonds is 6. The fraction of sp³-hybridized carbons (Fsp3) is 0.667. The summed E-state index contributed by atoms with van der Waals surface area (Å²) in [5.74, 6) is 1.20. The maximum Gasteiger partial charge on any atom is 0.216 e. The molecule has 1 aromatic heterocycles. The summed E-state index contributed by atoms with van der Waals surface area (Å²) in [6.45, 7) is 10.8. The quantitative estimate of drug-likeness (QED) is 0.802. The van der Waals surface area contributed by atoms with E-state index in [0.29, 0.717) is 12.5 Å². The molecule has 0 bridgehead atoms. The van der Waals surface area contributed by atoms with Crippen LogP contribution in [0.5, 0.6) is 5.88 Å². The summed E-state index contributed by atoms with van der Waals surface area (Å²) in [6.07, 6.45) is 2.57. The number of nitrogens with zero attached hydrogens (tertiary/aromatic N) is 3. The van der Waals surface area contributed by atoms with Crippen molar-refractivity contribution >= 4 is 0 Å². The van der Waals surface area contributed by atoms with Gasteiger partial charge in [-0.05, 0) is 32.7 Å². The minimum absolute atomic E-state index is 0.230. The van der Waals surface area contributed by atoms with E-state index in [1.807, 2.05) is 20.9 Å². The summed E-state index contributed by atoms with van der Waals surface area (Å²) < 4.78 is 7.52. The Morgan fingerprint density at radius 2 is 2.35 bits per heavy atom. The molecule has 112 valence electrons. The lowest BCUT2D eigenvalue weighted by molar-refractivity contribution is 0.127. The zero-order chi connectivity index (χ0) is 14.7. The number of aromatic nitrogens is 2. The summed E-state index contributed by atoms with van der Waals surface area (Å²) in [5, 5.41) is 14.1. The fourth-order valence-corrected chi connectivity index (χ4v) is 2.80. The van der Waals surface area contributed by atoms with Crippen molar-refractivity contribution in [2.75, 3.05) is 19.7 Å². The van der Waals surface area contributed by atoms with Crippen molar-refractivity contribution < 1.29 is 9.84 Å². The largest absolute Gasteiger partial charge is 0.473 e. The van der Waals surface area contributed by atoms with Crippen LogP contribution in [0.3, 0.4) is 0 Å². The fourth-order valence-electron chi connectivity index (χ4n) is 2.80. The summed E-state index contributed by atoms with van der Waals surface area (Å²) in [4.78, 5) is 2.36. The van der Waals surface area contributed by atoms with Crippen molar-refractivity contribution in [1.29, 1.82) is 0 Å². The van der Waals surface area contributed by atoms with Crippen molar-refractivity contribution in [3.63, 3.8) is 0 Å². The van der Waals surface area contributed by atoms with Crippen molar-refractivity contribution in [2.24, 2.45) is 13.0 Å². The summed E-state index contributed by atoms with van der Waals surface area (Å²) in [6, 6.07) is 0. The second-order valence-electron chi connectivity index (χ2n) is 5.62. The second kappa shape index (κ2) is 6.41. The van der Waals surface area contributed by atoms with Gasteiger partial charge in [0.15, 0.2) is 0 Å². The average Bonchev–Trinajstić information content (AvgIpc) is 2.95. The predicted molar refractivity (Wildman–Crippen MR) is 78.7 cm³/mol. The molecule has 20 heavy (non-hydrogen) atoms. The molecule has 1 aromatic rings. The molecule has 1 aliphatic rings. The standard InChI is InChI=1S/C15H25N3O2/c1-5-8-20-15-14(11(2)16-17(15)4)10-18-7-6-13(9-18)12(3)19/h5,12-13,19H,1,6-10H2,2-4H3. The third-order valence-electron chi connectivity index (χ3n) is 4.00. The van der Waals surface area contributed by atoms with Gasteiger partial charge >= 0.3 is 0 Å². The van der Waals surface area contributed by atoms with Gasteiger partial charge in [0.2, 0.25) is 5.88 Å². The van der Waals surface area contributed by atoms with Crippen molar-refractivity contribution in [2.45, 2.75) is 32.9 Å². The number of aliphatic hydroxyl groups is 1. The maximum absolute atomic E-state index is 9.69. The van der Waals surface area contributed by atoms with Crippen LogP contribution in [-0.4, -0.2) is 45.6 Å². The lowest BCUT2D eigenvalue weighted by Gasteiger charge is -2.18. The molecule has 1 aliphatic heterocycles. The van der Waals surface area contributed by atoms with Crippen LogP contribution in [0.25, 0.3) is 0 Å². The Morgan fingerprint density at radius 3 is 2.95 bits per heavy atom. The smallest absolute Gasteiger partial charge is 0.216 e. The molecule has 5 nitrogen and oxygen atoms in total. The van der Waals surface area contributed by atoms with Crippen LogP contribution in [0.15, 0.2) is 12.7 Å². The monoisotopic (exact) mass is 279 g/mol. The van der Waals surface area contributed by atoms with Crippen molar-refractivity contribution in [1.82, 2.24) is 14.7 Å². The molecule has 1 saturated heterocycles. The Morgan fingerprint density at radius 1 is 1.60 bits per heavy atom. The van der Waals surface area contributed by atoms with E-state index in [1.54, 1.807) is 10.8 Å². The molecule has 2 unspecified atom stereocenters. The molecule has 1 N–H and O–H groups in total. The second-order valence-corrected chi connectivity index (χ2v) is 5.62. The van der Waals surface area contributed by atoms with E-state index < -0.39 is 0 Å². The highest BCUT2D eigenvalue weighted by Gasteiger charge is 2.27. The Kier molecular flexibility index (Phi) is 4.83. The van der Waals surface area contributed by atoms with Gasteiger partial charge in [-0.3, -0.25) is 4.90 Å². The Bertz CT molecular complexity index is 468. The minimum Gasteiger partial charge on any atom is -0.473 e. The van der Waals surface area contributed by atoms with E-state index in [0.717, 1.165) is 43.2 Å². The Hall–Kier alpha value is -1.33. The number of likely N-dealkylation sites (tertiary alicyclic amines) is 1. The van der Waals surface area contributed by atoms with E-state index in [2.05, 4.69) is 16.6 Å². The molecular formula is C15H25N3O2. The van der Waals surface area contributed by atoms with Gasteiger partial charge in [0.25, 0.3) is 0 Å². The van der Waals surface area contributed by atoms with E-state index in [9.17, 15) is 5.11 Å². The van der Waals surface area contributed by atoms with E-state index in [1.165, 1.54) is 0 Å². The van der Waals surface area contributed by atoms with Gasteiger partial charge in [-0.1, -0.05) is 12.7 Å². The van der Waals surface area contributed by atoms with Crippen LogP contribution >= 0.6 is 0 Å². The molecule has 1 fully saturated rings. The lowest BCUT2D eigenvalue weighted by Crippen LogP contribution is -2.24. The number of hydrogen-bond donors (Lipinski definition) is 1. The zero-order valence-corrected chi connectivity index (χ0v) is 12.7. The first-order valence-corrected chi connectivity index (χ1v) is 7.19. The molecule has 0 amide bonds. The van der Waals surface area contributed by atoms with Crippen LogP contribution in [0.2, 0.25) is 0 Å². The number of aryl methyl sites for hydroxylation is 2. The van der Waals surface area contributed by atoms with Crippen LogP contribution < -0.4 is 4.74 Å². The zero-order valence-electron chi connectivity index (χ0n) is 12.7. The summed E-state index contributed by atoms with van der Waals surface area (Å²) >= 11 is 0. The number of hydrogen-bond acceptors (Lipinski definition) is 4. The number of aliphatic hydroxyl groups excluding tert-OH is 1. The van der Waals surface area contributed by atoms with Crippen molar-refractivity contribution in [3.05, 3.63) is 23.9 Å². The molecule has 2 atom stereocenters. The Balaban J connectivity index is 2.07. The molecule has 5 heteroatoms. The first kappa shape index (κ1) is 15.1. The predicted octanol–water partition coefficient (Wildman–Crippen LogP) is 1.50. The van der Waals surface area contributed by atoms with E-state index >= 15 is 0 Å². The topological polar surface area (TPSA) is 50.5 Å². The van der Waals surface area contributed by atoms with E-state index in [4.69, 9.17) is 4.74 Å². The molecule has 2 rings (SSSR count). The van der Waals surface area contributed by atoms with Crippen molar-refractivity contribution in [3.8, 4) is 5.88 Å². The van der Waals surface area contributed by atoms with Crippen LogP contribution in [0, 0.1) is 12.8 Å². The molecule has 2 heterocycles. The van der Waals surface area contributed by atoms with Crippen LogP contribution in [0.1, 0.15) is 24.6 Å². The third kappa shape index (κ3) is 3.22. The first-order chi connectivity index (χ1) is 9.52. The Labute approximate surface area is 120 Å². The summed E-state index contributed by atoms with van der Waals surface area (Å²) in [7, 11) is 1.90. The first-order valence-electron chi connectivity index (χ1n) is 7.19. The van der Waals surface area contributed by atoms with Crippen LogP contribution in [0.4, 0.5) is 0 Å². The molecular weight excluding hydrogens is 254 g/mol. The minimum atomic E-state index is -0.230. The molecule has 0 aliphatic carbocycles. The average molecular weight is 279 g/mol. The molecule has 0 aromatic carbocycles. The van der Waals surface area contributed by atoms with Gasteiger partial charge in [-0.15, -0.1) is 0 Å². The maximum atomic E-state index is 9.69. The van der Waals surface area contributed by atoms with Gasteiger partial charge in [0.1, 0.15) is 6.61 Å². The van der Waals surface area contributed by atoms with Gasteiger partial charge in [-0.2, -0.15) is 5.10 Å².